The van der Waals surface area contributed by atoms with E-state index in [9.17, 15) is 9.59 Å². The summed E-state index contributed by atoms with van der Waals surface area (Å²) in [5.74, 6) is -0.660. The molecule has 3 aromatic carbocycles. The summed E-state index contributed by atoms with van der Waals surface area (Å²) in [5.41, 5.74) is 9.66. The molecular weight excluding hydrogens is 442 g/mol. The van der Waals surface area contributed by atoms with Gasteiger partial charge in [0.15, 0.2) is 0 Å². The molecule has 0 saturated carbocycles. The van der Waals surface area contributed by atoms with E-state index in [1.807, 2.05) is 49.4 Å². The molecule has 0 spiro atoms. The molecule has 4 aromatic rings. The van der Waals surface area contributed by atoms with E-state index < -0.39 is 5.91 Å². The molecule has 0 atom stereocenters. The number of rotatable bonds is 6. The van der Waals surface area contributed by atoms with Crippen molar-refractivity contribution < 1.29 is 9.59 Å². The van der Waals surface area contributed by atoms with Crippen molar-refractivity contribution in [1.82, 2.24) is 0 Å². The average molecular weight is 462 g/mol. The zero-order chi connectivity index (χ0) is 22.7. The highest BCUT2D eigenvalue weighted by molar-refractivity contribution is 7.19. The first-order valence-electron chi connectivity index (χ1n) is 9.85. The Morgan fingerprint density at radius 3 is 2.25 bits per heavy atom. The molecule has 0 unspecified atom stereocenters. The maximum absolute atomic E-state index is 13.2. The number of benzene rings is 3. The molecule has 7 heteroatoms. The van der Waals surface area contributed by atoms with Crippen molar-refractivity contribution in [3.63, 3.8) is 0 Å². The van der Waals surface area contributed by atoms with Crippen LogP contribution in [0.1, 0.15) is 31.2 Å². The van der Waals surface area contributed by atoms with Crippen molar-refractivity contribution in [1.29, 1.82) is 0 Å². The number of halogens is 1. The molecule has 5 nitrogen and oxygen atoms in total. The molecule has 1 aromatic heterocycles. The lowest BCUT2D eigenvalue weighted by atomic mass is 10.1. The fourth-order valence-electron chi connectivity index (χ4n) is 3.21. The number of thiophene rings is 1. The van der Waals surface area contributed by atoms with Crippen LogP contribution < -0.4 is 16.4 Å². The molecule has 1 amide bonds. The van der Waals surface area contributed by atoms with E-state index in [4.69, 9.17) is 17.3 Å². The van der Waals surface area contributed by atoms with Crippen LogP contribution in [-0.2, 0) is 0 Å². The summed E-state index contributed by atoms with van der Waals surface area (Å²) in [6.07, 6.45) is 0. The molecule has 160 valence electrons. The van der Waals surface area contributed by atoms with Gasteiger partial charge in [0.05, 0.1) is 11.3 Å². The summed E-state index contributed by atoms with van der Waals surface area (Å²) in [5, 5.41) is 7.18. The number of anilines is 4. The second kappa shape index (κ2) is 9.26. The van der Waals surface area contributed by atoms with Crippen molar-refractivity contribution in [2.75, 3.05) is 16.4 Å². The van der Waals surface area contributed by atoms with E-state index in [0.717, 1.165) is 22.6 Å². The number of para-hydroxylation sites is 2. The summed E-state index contributed by atoms with van der Waals surface area (Å²) >= 11 is 7.11. The van der Waals surface area contributed by atoms with E-state index in [1.165, 1.54) is 0 Å². The van der Waals surface area contributed by atoms with Crippen LogP contribution in [0.15, 0.2) is 78.9 Å². The lowest BCUT2D eigenvalue weighted by molar-refractivity contribution is 0.102. The van der Waals surface area contributed by atoms with Crippen LogP contribution >= 0.6 is 22.9 Å². The molecule has 32 heavy (non-hydrogen) atoms. The SMILES string of the molecule is Cc1ccccc1Nc1sc(C(=O)c2ccc(Cl)cc2)c(N)c1C(=O)Nc1ccccc1. The van der Waals surface area contributed by atoms with Gasteiger partial charge in [-0.1, -0.05) is 48.0 Å². The van der Waals surface area contributed by atoms with E-state index >= 15 is 0 Å². The maximum atomic E-state index is 13.2. The highest BCUT2D eigenvalue weighted by atomic mass is 35.5. The average Bonchev–Trinajstić information content (AvgIpc) is 3.12. The summed E-state index contributed by atoms with van der Waals surface area (Å²) in [6, 6.07) is 23.4. The van der Waals surface area contributed by atoms with Crippen molar-refractivity contribution in [2.45, 2.75) is 6.92 Å². The molecule has 0 aliphatic heterocycles. The zero-order valence-electron chi connectivity index (χ0n) is 17.2. The van der Waals surface area contributed by atoms with Gasteiger partial charge in [-0.3, -0.25) is 9.59 Å². The van der Waals surface area contributed by atoms with E-state index in [1.54, 1.807) is 36.4 Å². The van der Waals surface area contributed by atoms with Crippen LogP contribution in [0.4, 0.5) is 22.1 Å². The Kier molecular flexibility index (Phi) is 6.25. The number of nitrogens with two attached hydrogens (primary N) is 1. The lowest BCUT2D eigenvalue weighted by Crippen LogP contribution is -2.15. The van der Waals surface area contributed by atoms with Crippen LogP contribution in [-0.4, -0.2) is 11.7 Å². The van der Waals surface area contributed by atoms with Gasteiger partial charge in [0, 0.05) is 22.0 Å². The first kappa shape index (κ1) is 21.6. The Bertz CT molecular complexity index is 1280. The number of carbonyl (C=O) groups excluding carboxylic acids is 2. The molecule has 4 N–H and O–H groups in total. The second-order valence-electron chi connectivity index (χ2n) is 7.15. The van der Waals surface area contributed by atoms with Crippen LogP contribution in [0, 0.1) is 6.92 Å². The lowest BCUT2D eigenvalue weighted by Gasteiger charge is -2.11. The molecule has 4 rings (SSSR count). The van der Waals surface area contributed by atoms with E-state index in [0.29, 0.717) is 26.2 Å². The molecule has 0 bridgehead atoms. The largest absolute Gasteiger partial charge is 0.397 e. The number of ketones is 1. The second-order valence-corrected chi connectivity index (χ2v) is 8.60. The fraction of sp³-hybridized carbons (Fsp3) is 0.0400. The molecule has 0 aliphatic carbocycles. The Morgan fingerprint density at radius 2 is 1.56 bits per heavy atom. The number of aryl methyl sites for hydroxylation is 1. The quantitative estimate of drug-likeness (QED) is 0.285. The number of carbonyl (C=O) groups is 2. The van der Waals surface area contributed by atoms with Crippen molar-refractivity contribution in [2.24, 2.45) is 0 Å². The highest BCUT2D eigenvalue weighted by Gasteiger charge is 2.27. The van der Waals surface area contributed by atoms with Crippen molar-refractivity contribution in [3.8, 4) is 0 Å². The summed E-state index contributed by atoms with van der Waals surface area (Å²) in [4.78, 5) is 26.7. The normalized spacial score (nSPS) is 10.6. The minimum absolute atomic E-state index is 0.138. The van der Waals surface area contributed by atoms with Crippen molar-refractivity contribution in [3.05, 3.63) is 105 Å². The number of nitrogen functional groups attached to an aromatic ring is 1. The molecule has 0 aliphatic rings. The molecule has 1 heterocycles. The highest BCUT2D eigenvalue weighted by Crippen LogP contribution is 2.39. The predicted molar refractivity (Wildman–Crippen MR) is 132 cm³/mol. The van der Waals surface area contributed by atoms with Crippen molar-refractivity contribution >= 4 is 56.7 Å². The molecule has 0 radical (unpaired) electrons. The van der Waals surface area contributed by atoms with Gasteiger partial charge in [-0.2, -0.15) is 0 Å². The predicted octanol–water partition coefficient (Wildman–Crippen LogP) is 6.52. The third-order valence-electron chi connectivity index (χ3n) is 4.91. The molecule has 0 fully saturated rings. The minimum atomic E-state index is -0.392. The fourth-order valence-corrected chi connectivity index (χ4v) is 4.43. The number of nitrogens with one attached hydrogen (secondary N) is 2. The van der Waals surface area contributed by atoms with Crippen LogP contribution in [0.25, 0.3) is 0 Å². The van der Waals surface area contributed by atoms with Crippen LogP contribution in [0.2, 0.25) is 5.02 Å². The Hall–Kier alpha value is -3.61. The van der Waals surface area contributed by atoms with Gasteiger partial charge in [-0.25, -0.2) is 0 Å². The van der Waals surface area contributed by atoms with Gasteiger partial charge in [0.25, 0.3) is 5.91 Å². The van der Waals surface area contributed by atoms with E-state index in [2.05, 4.69) is 10.6 Å². The topological polar surface area (TPSA) is 84.2 Å². The summed E-state index contributed by atoms with van der Waals surface area (Å²) in [7, 11) is 0. The first-order valence-corrected chi connectivity index (χ1v) is 11.0. The maximum Gasteiger partial charge on any atom is 0.260 e. The summed E-state index contributed by atoms with van der Waals surface area (Å²) < 4.78 is 0. The van der Waals surface area contributed by atoms with Crippen LogP contribution in [0.5, 0.6) is 0 Å². The standard InChI is InChI=1S/C25H20ClN3O2S/c1-15-7-5-6-10-19(15)29-25-20(24(31)28-18-8-3-2-4-9-18)21(27)23(32-25)22(30)16-11-13-17(26)14-12-16/h2-14,29H,27H2,1H3,(H,28,31). The van der Waals surface area contributed by atoms with Gasteiger partial charge >= 0.3 is 0 Å². The molecule has 0 saturated heterocycles. The monoisotopic (exact) mass is 461 g/mol. The third kappa shape index (κ3) is 4.51. The Morgan fingerprint density at radius 1 is 0.906 bits per heavy atom. The minimum Gasteiger partial charge on any atom is -0.397 e. The van der Waals surface area contributed by atoms with Gasteiger partial charge in [0.1, 0.15) is 9.88 Å². The molecular formula is C25H20ClN3O2S. The van der Waals surface area contributed by atoms with Gasteiger partial charge in [-0.15, -0.1) is 11.3 Å². The zero-order valence-corrected chi connectivity index (χ0v) is 18.8. The summed E-state index contributed by atoms with van der Waals surface area (Å²) in [6.45, 7) is 1.96. The Balaban J connectivity index is 1.76. The van der Waals surface area contributed by atoms with Gasteiger partial charge < -0.3 is 16.4 Å². The van der Waals surface area contributed by atoms with Gasteiger partial charge in [-0.05, 0) is 55.0 Å². The smallest absolute Gasteiger partial charge is 0.260 e. The van der Waals surface area contributed by atoms with Gasteiger partial charge in [0.2, 0.25) is 5.78 Å². The number of hydrogen-bond acceptors (Lipinski definition) is 5. The van der Waals surface area contributed by atoms with E-state index in [-0.39, 0.29) is 17.0 Å². The Labute approximate surface area is 194 Å². The number of hydrogen-bond donors (Lipinski definition) is 3. The number of amides is 1. The first-order chi connectivity index (χ1) is 15.4. The third-order valence-corrected chi connectivity index (χ3v) is 6.28. The van der Waals surface area contributed by atoms with Crippen LogP contribution in [0.3, 0.4) is 0 Å².